The van der Waals surface area contributed by atoms with Crippen LogP contribution in [-0.4, -0.2) is 45.9 Å². The highest BCUT2D eigenvalue weighted by atomic mass is 16.5. The number of nitrogens with zero attached hydrogens (tertiary/aromatic N) is 5. The third-order valence-corrected chi connectivity index (χ3v) is 2.67. The molecule has 2 heterocycles. The number of methoxy groups -OCH3 is 1. The summed E-state index contributed by atoms with van der Waals surface area (Å²) in [6.07, 6.45) is 1.39. The molecule has 0 amide bonds. The highest BCUT2D eigenvalue weighted by molar-refractivity contribution is 4.89. The Labute approximate surface area is 117 Å². The van der Waals surface area contributed by atoms with Crippen LogP contribution in [0.25, 0.3) is 0 Å². The van der Waals surface area contributed by atoms with Gasteiger partial charge in [-0.05, 0) is 7.05 Å². The average molecular weight is 281 g/mol. The van der Waals surface area contributed by atoms with Crippen LogP contribution in [0, 0.1) is 0 Å². The van der Waals surface area contributed by atoms with E-state index in [0.717, 1.165) is 6.42 Å². The van der Waals surface area contributed by atoms with Gasteiger partial charge in [0.2, 0.25) is 11.8 Å². The van der Waals surface area contributed by atoms with Gasteiger partial charge in [0, 0.05) is 20.0 Å². The highest BCUT2D eigenvalue weighted by Gasteiger charge is 2.12. The summed E-state index contributed by atoms with van der Waals surface area (Å²) in [5.74, 6) is 2.53. The molecule has 0 saturated carbocycles. The van der Waals surface area contributed by atoms with Crippen molar-refractivity contribution in [2.24, 2.45) is 0 Å². The number of ether oxygens (including phenoxy) is 1. The number of hydrogen-bond donors (Lipinski definition) is 0. The molecule has 2 aromatic heterocycles. The largest absolute Gasteiger partial charge is 0.384 e. The van der Waals surface area contributed by atoms with E-state index in [0.29, 0.717) is 49.5 Å². The molecule has 0 fully saturated rings. The first-order valence-electron chi connectivity index (χ1n) is 6.51. The predicted molar refractivity (Wildman–Crippen MR) is 68.7 cm³/mol. The fourth-order valence-corrected chi connectivity index (χ4v) is 1.68. The van der Waals surface area contributed by atoms with Crippen LogP contribution in [0.2, 0.25) is 0 Å². The smallest absolute Gasteiger partial charge is 0.240 e. The maximum atomic E-state index is 5.17. The van der Waals surface area contributed by atoms with Crippen LogP contribution in [0.3, 0.4) is 0 Å². The van der Waals surface area contributed by atoms with Gasteiger partial charge < -0.3 is 13.8 Å². The SMILES string of the molecule is CCc1nc(CN(C)Cc2nc(CCOC)no2)no1. The molecule has 20 heavy (non-hydrogen) atoms. The minimum Gasteiger partial charge on any atom is -0.384 e. The highest BCUT2D eigenvalue weighted by Crippen LogP contribution is 2.06. The number of aryl methyl sites for hydroxylation is 1. The molecule has 8 heteroatoms. The molecular weight excluding hydrogens is 262 g/mol. The van der Waals surface area contributed by atoms with E-state index in [1.54, 1.807) is 7.11 Å². The normalized spacial score (nSPS) is 11.4. The molecule has 0 aliphatic rings. The second kappa shape index (κ2) is 7.11. The summed E-state index contributed by atoms with van der Waals surface area (Å²) in [7, 11) is 3.57. The second-order valence-corrected chi connectivity index (χ2v) is 4.48. The minimum absolute atomic E-state index is 0.538. The van der Waals surface area contributed by atoms with Crippen molar-refractivity contribution in [1.29, 1.82) is 0 Å². The van der Waals surface area contributed by atoms with Gasteiger partial charge in [0.25, 0.3) is 0 Å². The van der Waals surface area contributed by atoms with Crippen LogP contribution in [0.15, 0.2) is 9.05 Å². The lowest BCUT2D eigenvalue weighted by Crippen LogP contribution is -2.18. The molecule has 0 radical (unpaired) electrons. The van der Waals surface area contributed by atoms with Crippen LogP contribution in [-0.2, 0) is 30.7 Å². The van der Waals surface area contributed by atoms with Gasteiger partial charge >= 0.3 is 0 Å². The van der Waals surface area contributed by atoms with Crippen molar-refractivity contribution in [3.63, 3.8) is 0 Å². The summed E-state index contributed by atoms with van der Waals surface area (Å²) in [4.78, 5) is 10.5. The molecule has 0 unspecified atom stereocenters. The third kappa shape index (κ3) is 4.10. The Morgan fingerprint density at radius 1 is 1.05 bits per heavy atom. The Balaban J connectivity index is 1.84. The first kappa shape index (κ1) is 14.6. The summed E-state index contributed by atoms with van der Waals surface area (Å²) < 4.78 is 15.2. The van der Waals surface area contributed by atoms with Gasteiger partial charge in [-0.2, -0.15) is 9.97 Å². The molecule has 0 N–H and O–H groups in total. The van der Waals surface area contributed by atoms with Crippen molar-refractivity contribution in [2.45, 2.75) is 32.9 Å². The van der Waals surface area contributed by atoms with Gasteiger partial charge in [-0.3, -0.25) is 4.90 Å². The van der Waals surface area contributed by atoms with Crippen molar-refractivity contribution < 1.29 is 13.8 Å². The molecule has 0 aliphatic heterocycles. The first-order chi connectivity index (χ1) is 9.71. The van der Waals surface area contributed by atoms with Gasteiger partial charge in [-0.1, -0.05) is 17.2 Å². The zero-order valence-electron chi connectivity index (χ0n) is 12.0. The van der Waals surface area contributed by atoms with Crippen LogP contribution in [0.5, 0.6) is 0 Å². The zero-order valence-corrected chi connectivity index (χ0v) is 12.0. The lowest BCUT2D eigenvalue weighted by atomic mass is 10.4. The molecule has 0 aromatic carbocycles. The van der Waals surface area contributed by atoms with E-state index in [4.69, 9.17) is 13.8 Å². The molecule has 8 nitrogen and oxygen atoms in total. The summed E-state index contributed by atoms with van der Waals surface area (Å²) in [5.41, 5.74) is 0. The molecule has 0 atom stereocenters. The monoisotopic (exact) mass is 281 g/mol. The molecule has 0 spiro atoms. The number of hydrogen-bond acceptors (Lipinski definition) is 8. The van der Waals surface area contributed by atoms with E-state index >= 15 is 0 Å². The van der Waals surface area contributed by atoms with E-state index in [1.165, 1.54) is 0 Å². The minimum atomic E-state index is 0.538. The van der Waals surface area contributed by atoms with E-state index in [2.05, 4.69) is 20.3 Å². The van der Waals surface area contributed by atoms with Gasteiger partial charge in [-0.25, -0.2) is 0 Å². The van der Waals surface area contributed by atoms with E-state index in [9.17, 15) is 0 Å². The molecule has 2 aromatic rings. The zero-order chi connectivity index (χ0) is 14.4. The summed E-state index contributed by atoms with van der Waals surface area (Å²) in [5, 5.41) is 7.79. The maximum Gasteiger partial charge on any atom is 0.240 e. The van der Waals surface area contributed by atoms with E-state index in [1.807, 2.05) is 18.9 Å². The van der Waals surface area contributed by atoms with Crippen molar-refractivity contribution in [3.8, 4) is 0 Å². The van der Waals surface area contributed by atoms with Gasteiger partial charge in [0.15, 0.2) is 11.6 Å². The third-order valence-electron chi connectivity index (χ3n) is 2.67. The number of aromatic nitrogens is 4. The first-order valence-corrected chi connectivity index (χ1v) is 6.51. The van der Waals surface area contributed by atoms with E-state index < -0.39 is 0 Å². The lowest BCUT2D eigenvalue weighted by molar-refractivity contribution is 0.199. The Kier molecular flexibility index (Phi) is 5.19. The van der Waals surface area contributed by atoms with Gasteiger partial charge in [-0.15, -0.1) is 0 Å². The molecular formula is C12H19N5O3. The predicted octanol–water partition coefficient (Wildman–Crippen LogP) is 0.836. The molecule has 2 rings (SSSR count). The Morgan fingerprint density at radius 3 is 2.45 bits per heavy atom. The maximum absolute atomic E-state index is 5.17. The van der Waals surface area contributed by atoms with Crippen LogP contribution >= 0.6 is 0 Å². The second-order valence-electron chi connectivity index (χ2n) is 4.48. The standard InChI is InChI=1S/C12H19N5O3/c1-4-11-14-10(16-19-11)7-17(2)8-12-13-9(15-20-12)5-6-18-3/h4-8H2,1-3H3. The van der Waals surface area contributed by atoms with Crippen molar-refractivity contribution in [3.05, 3.63) is 23.4 Å². The van der Waals surface area contributed by atoms with Crippen molar-refractivity contribution in [1.82, 2.24) is 25.2 Å². The summed E-state index contributed by atoms with van der Waals surface area (Å²) in [6.45, 7) is 3.66. The fourth-order valence-electron chi connectivity index (χ4n) is 1.68. The van der Waals surface area contributed by atoms with Crippen molar-refractivity contribution in [2.75, 3.05) is 20.8 Å². The lowest BCUT2D eigenvalue weighted by Gasteiger charge is -2.10. The summed E-state index contributed by atoms with van der Waals surface area (Å²) in [6, 6.07) is 0. The Bertz CT molecular complexity index is 525. The number of rotatable bonds is 8. The molecule has 0 bridgehead atoms. The fraction of sp³-hybridized carbons (Fsp3) is 0.667. The van der Waals surface area contributed by atoms with Crippen molar-refractivity contribution >= 4 is 0 Å². The van der Waals surface area contributed by atoms with E-state index in [-0.39, 0.29) is 0 Å². The average Bonchev–Trinajstić information content (AvgIpc) is 3.05. The Hall–Kier alpha value is -1.80. The van der Waals surface area contributed by atoms with Crippen LogP contribution in [0.1, 0.15) is 30.4 Å². The summed E-state index contributed by atoms with van der Waals surface area (Å²) >= 11 is 0. The van der Waals surface area contributed by atoms with Gasteiger partial charge in [0.1, 0.15) is 0 Å². The van der Waals surface area contributed by atoms with Gasteiger partial charge in [0.05, 0.1) is 19.7 Å². The molecule has 110 valence electrons. The quantitative estimate of drug-likeness (QED) is 0.703. The molecule has 0 saturated heterocycles. The van der Waals surface area contributed by atoms with Crippen LogP contribution < -0.4 is 0 Å². The molecule has 0 aliphatic carbocycles. The Morgan fingerprint density at radius 2 is 1.75 bits per heavy atom. The topological polar surface area (TPSA) is 90.3 Å². The van der Waals surface area contributed by atoms with Crippen LogP contribution in [0.4, 0.5) is 0 Å².